The molecule has 108 valence electrons. The summed E-state index contributed by atoms with van der Waals surface area (Å²) in [5.74, 6) is 0. The van der Waals surface area contributed by atoms with Crippen molar-refractivity contribution in [1.82, 2.24) is 14.5 Å². The molecule has 7 heteroatoms. The van der Waals surface area contributed by atoms with Gasteiger partial charge in [-0.1, -0.05) is 13.3 Å². The zero-order valence-corrected chi connectivity index (χ0v) is 12.1. The van der Waals surface area contributed by atoms with Gasteiger partial charge >= 0.3 is 0 Å². The summed E-state index contributed by atoms with van der Waals surface area (Å²) in [6, 6.07) is 0. The van der Waals surface area contributed by atoms with Gasteiger partial charge in [-0.25, -0.2) is 13.1 Å². The molecule has 0 aliphatic heterocycles. The highest BCUT2D eigenvalue weighted by Crippen LogP contribution is 2.49. The Hall–Kier alpha value is -0.920. The third-order valence-electron chi connectivity index (χ3n) is 3.65. The lowest BCUT2D eigenvalue weighted by atomic mass is 10.0. The molecule has 0 unspecified atom stereocenters. The van der Waals surface area contributed by atoms with Crippen molar-refractivity contribution in [2.75, 3.05) is 13.1 Å². The van der Waals surface area contributed by atoms with E-state index < -0.39 is 10.0 Å². The van der Waals surface area contributed by atoms with Crippen LogP contribution in [-0.4, -0.2) is 31.3 Å². The third-order valence-corrected chi connectivity index (χ3v) is 5.01. The molecule has 0 radical (unpaired) electrons. The fourth-order valence-electron chi connectivity index (χ4n) is 2.29. The van der Waals surface area contributed by atoms with Crippen molar-refractivity contribution in [3.63, 3.8) is 0 Å². The molecule has 1 aromatic rings. The molecule has 2 rings (SSSR count). The number of hydrogen-bond acceptors (Lipinski definition) is 4. The van der Waals surface area contributed by atoms with Crippen molar-refractivity contribution in [1.29, 1.82) is 0 Å². The predicted molar refractivity (Wildman–Crippen MR) is 73.0 cm³/mol. The summed E-state index contributed by atoms with van der Waals surface area (Å²) in [6.07, 6.45) is 7.32. The Morgan fingerprint density at radius 2 is 2.26 bits per heavy atom. The lowest BCUT2D eigenvalue weighted by molar-refractivity contribution is 0.449. The molecule has 1 aromatic heterocycles. The van der Waals surface area contributed by atoms with Crippen molar-refractivity contribution >= 4 is 10.0 Å². The first-order valence-electron chi connectivity index (χ1n) is 6.73. The predicted octanol–water partition coefficient (Wildman–Crippen LogP) is 0.700. The largest absolute Gasteiger partial charge is 0.329 e. The zero-order valence-electron chi connectivity index (χ0n) is 11.3. The first-order valence-corrected chi connectivity index (χ1v) is 8.22. The number of nitrogens with two attached hydrogens (primary N) is 1. The Kier molecular flexibility index (Phi) is 4.27. The van der Waals surface area contributed by atoms with Gasteiger partial charge in [-0.05, 0) is 24.7 Å². The van der Waals surface area contributed by atoms with Crippen molar-refractivity contribution in [3.8, 4) is 0 Å². The number of sulfonamides is 1. The number of aromatic nitrogens is 2. The quantitative estimate of drug-likeness (QED) is 0.736. The fraction of sp³-hybridized carbons (Fsp3) is 0.750. The summed E-state index contributed by atoms with van der Waals surface area (Å²) in [4.78, 5) is 0.216. The van der Waals surface area contributed by atoms with Crippen LogP contribution in [0.1, 0.15) is 32.6 Å². The van der Waals surface area contributed by atoms with Crippen molar-refractivity contribution in [2.24, 2.45) is 11.1 Å². The molecule has 0 spiro atoms. The van der Waals surface area contributed by atoms with E-state index >= 15 is 0 Å². The van der Waals surface area contributed by atoms with Gasteiger partial charge in [0.1, 0.15) is 4.90 Å². The summed E-state index contributed by atoms with van der Waals surface area (Å²) >= 11 is 0. The van der Waals surface area contributed by atoms with E-state index in [1.165, 1.54) is 12.4 Å². The summed E-state index contributed by atoms with van der Waals surface area (Å²) in [5, 5.41) is 3.99. The van der Waals surface area contributed by atoms with Crippen LogP contribution in [0.4, 0.5) is 0 Å². The maximum absolute atomic E-state index is 12.1. The average molecular weight is 286 g/mol. The SMILES string of the molecule is CCCC1(CNS(=O)(=O)c2cnn(CCN)c2)CC1. The van der Waals surface area contributed by atoms with E-state index in [0.29, 0.717) is 19.6 Å². The molecule has 1 fully saturated rings. The van der Waals surface area contributed by atoms with E-state index in [2.05, 4.69) is 16.7 Å². The van der Waals surface area contributed by atoms with Crippen LogP contribution in [0.3, 0.4) is 0 Å². The maximum Gasteiger partial charge on any atom is 0.243 e. The number of nitrogens with zero attached hydrogens (tertiary/aromatic N) is 2. The molecular weight excluding hydrogens is 264 g/mol. The number of rotatable bonds is 8. The van der Waals surface area contributed by atoms with Gasteiger partial charge in [-0.15, -0.1) is 0 Å². The summed E-state index contributed by atoms with van der Waals surface area (Å²) < 4.78 is 28.5. The topological polar surface area (TPSA) is 90.0 Å². The standard InChI is InChI=1S/C12H22N4O2S/c1-2-3-12(4-5-12)10-15-19(17,18)11-8-14-16(9-11)7-6-13/h8-9,15H,2-7,10,13H2,1H3. The van der Waals surface area contributed by atoms with Crippen molar-refractivity contribution in [2.45, 2.75) is 44.0 Å². The maximum atomic E-state index is 12.1. The van der Waals surface area contributed by atoms with E-state index in [-0.39, 0.29) is 10.3 Å². The van der Waals surface area contributed by atoms with Crippen molar-refractivity contribution < 1.29 is 8.42 Å². The summed E-state index contributed by atoms with van der Waals surface area (Å²) in [6.45, 7) is 3.63. The van der Waals surface area contributed by atoms with Gasteiger partial charge in [0.15, 0.2) is 0 Å². The molecule has 0 atom stereocenters. The zero-order chi connectivity index (χ0) is 13.9. The lowest BCUT2D eigenvalue weighted by Crippen LogP contribution is -2.30. The molecule has 1 heterocycles. The van der Waals surface area contributed by atoms with E-state index in [1.807, 2.05) is 0 Å². The van der Waals surface area contributed by atoms with Gasteiger partial charge in [0.05, 0.1) is 12.7 Å². The van der Waals surface area contributed by atoms with E-state index in [0.717, 1.165) is 25.7 Å². The lowest BCUT2D eigenvalue weighted by Gasteiger charge is -2.14. The Labute approximate surface area is 114 Å². The van der Waals surface area contributed by atoms with Crippen LogP contribution >= 0.6 is 0 Å². The summed E-state index contributed by atoms with van der Waals surface area (Å²) in [7, 11) is -3.44. The first-order chi connectivity index (χ1) is 9.01. The van der Waals surface area contributed by atoms with Crippen LogP contribution in [-0.2, 0) is 16.6 Å². The smallest absolute Gasteiger partial charge is 0.243 e. The monoisotopic (exact) mass is 286 g/mol. The highest BCUT2D eigenvalue weighted by Gasteiger charge is 2.42. The molecule has 0 saturated heterocycles. The second kappa shape index (κ2) is 5.60. The second-order valence-electron chi connectivity index (χ2n) is 5.30. The van der Waals surface area contributed by atoms with Crippen LogP contribution in [0.2, 0.25) is 0 Å². The van der Waals surface area contributed by atoms with Gasteiger partial charge in [0, 0.05) is 19.3 Å². The summed E-state index contributed by atoms with van der Waals surface area (Å²) in [5.41, 5.74) is 5.61. The minimum atomic E-state index is -3.44. The molecule has 3 N–H and O–H groups in total. The van der Waals surface area contributed by atoms with Gasteiger partial charge in [0.2, 0.25) is 10.0 Å². The number of hydrogen-bond donors (Lipinski definition) is 2. The second-order valence-corrected chi connectivity index (χ2v) is 7.07. The highest BCUT2D eigenvalue weighted by molar-refractivity contribution is 7.89. The fourth-order valence-corrected chi connectivity index (χ4v) is 3.40. The minimum absolute atomic E-state index is 0.203. The van der Waals surface area contributed by atoms with Crippen LogP contribution < -0.4 is 10.5 Å². The highest BCUT2D eigenvalue weighted by atomic mass is 32.2. The molecule has 1 aliphatic carbocycles. The molecule has 1 saturated carbocycles. The molecule has 0 aromatic carbocycles. The molecule has 6 nitrogen and oxygen atoms in total. The Morgan fingerprint density at radius 3 is 2.84 bits per heavy atom. The molecule has 0 bridgehead atoms. The normalized spacial score (nSPS) is 17.6. The van der Waals surface area contributed by atoms with Gasteiger partial charge in [0.25, 0.3) is 0 Å². The van der Waals surface area contributed by atoms with Crippen LogP contribution in [0.5, 0.6) is 0 Å². The Balaban J connectivity index is 1.97. The number of nitrogens with one attached hydrogen (secondary N) is 1. The first kappa shape index (κ1) is 14.5. The van der Waals surface area contributed by atoms with Crippen LogP contribution in [0.25, 0.3) is 0 Å². The van der Waals surface area contributed by atoms with Gasteiger partial charge in [-0.3, -0.25) is 4.68 Å². The molecule has 1 aliphatic rings. The Morgan fingerprint density at radius 1 is 1.53 bits per heavy atom. The van der Waals surface area contributed by atoms with Crippen LogP contribution in [0.15, 0.2) is 17.3 Å². The van der Waals surface area contributed by atoms with E-state index in [4.69, 9.17) is 5.73 Å². The molecule has 19 heavy (non-hydrogen) atoms. The molecule has 0 amide bonds. The Bertz CT molecular complexity index is 520. The van der Waals surface area contributed by atoms with Crippen molar-refractivity contribution in [3.05, 3.63) is 12.4 Å². The third kappa shape index (κ3) is 3.55. The minimum Gasteiger partial charge on any atom is -0.329 e. The van der Waals surface area contributed by atoms with Gasteiger partial charge < -0.3 is 5.73 Å². The van der Waals surface area contributed by atoms with E-state index in [1.54, 1.807) is 4.68 Å². The van der Waals surface area contributed by atoms with Gasteiger partial charge in [-0.2, -0.15) is 5.10 Å². The van der Waals surface area contributed by atoms with Crippen LogP contribution in [0, 0.1) is 5.41 Å². The van der Waals surface area contributed by atoms with E-state index in [9.17, 15) is 8.42 Å². The molecular formula is C12H22N4O2S. The average Bonchev–Trinajstić information content (AvgIpc) is 2.96.